The summed E-state index contributed by atoms with van der Waals surface area (Å²) in [6, 6.07) is 17.2. The SMILES string of the molecule is CC(C)(CNC(=O)COc1ccccc1Cl)c1ccccc1. The summed E-state index contributed by atoms with van der Waals surface area (Å²) in [5.74, 6) is 0.352. The second-order valence-corrected chi connectivity index (χ2v) is 6.15. The first-order chi connectivity index (χ1) is 10.5. The zero-order chi connectivity index (χ0) is 16.0. The quantitative estimate of drug-likeness (QED) is 0.879. The molecule has 0 aromatic heterocycles. The van der Waals surface area contributed by atoms with Crippen molar-refractivity contribution in [1.29, 1.82) is 0 Å². The third kappa shape index (κ3) is 4.50. The van der Waals surface area contributed by atoms with Crippen molar-refractivity contribution >= 4 is 17.5 Å². The van der Waals surface area contributed by atoms with Crippen LogP contribution in [-0.2, 0) is 10.2 Å². The van der Waals surface area contributed by atoms with Crippen molar-refractivity contribution in [3.63, 3.8) is 0 Å². The van der Waals surface area contributed by atoms with E-state index in [-0.39, 0.29) is 17.9 Å². The largest absolute Gasteiger partial charge is 0.482 e. The molecule has 0 aliphatic rings. The number of para-hydroxylation sites is 1. The van der Waals surface area contributed by atoms with Crippen molar-refractivity contribution in [3.05, 3.63) is 65.2 Å². The Hall–Kier alpha value is -2.00. The predicted octanol–water partition coefficient (Wildman–Crippen LogP) is 3.81. The summed E-state index contributed by atoms with van der Waals surface area (Å²) in [6.07, 6.45) is 0. The molecule has 0 spiro atoms. The minimum Gasteiger partial charge on any atom is -0.482 e. The molecule has 0 bridgehead atoms. The van der Waals surface area contributed by atoms with Crippen LogP contribution in [0, 0.1) is 0 Å². The number of hydrogen-bond donors (Lipinski definition) is 1. The molecule has 116 valence electrons. The van der Waals surface area contributed by atoms with Crippen LogP contribution in [0.15, 0.2) is 54.6 Å². The maximum atomic E-state index is 11.9. The molecule has 0 heterocycles. The fourth-order valence-corrected chi connectivity index (χ4v) is 2.26. The van der Waals surface area contributed by atoms with E-state index in [1.807, 2.05) is 30.3 Å². The Morgan fingerprint density at radius 1 is 1.09 bits per heavy atom. The molecule has 0 unspecified atom stereocenters. The molecule has 4 heteroatoms. The lowest BCUT2D eigenvalue weighted by Gasteiger charge is -2.25. The van der Waals surface area contributed by atoms with E-state index in [9.17, 15) is 4.79 Å². The van der Waals surface area contributed by atoms with E-state index in [0.29, 0.717) is 17.3 Å². The summed E-state index contributed by atoms with van der Waals surface area (Å²) in [7, 11) is 0. The van der Waals surface area contributed by atoms with Crippen LogP contribution < -0.4 is 10.1 Å². The van der Waals surface area contributed by atoms with Crippen molar-refractivity contribution in [2.24, 2.45) is 0 Å². The number of carbonyl (C=O) groups excluding carboxylic acids is 1. The molecule has 22 heavy (non-hydrogen) atoms. The van der Waals surface area contributed by atoms with Crippen LogP contribution in [0.3, 0.4) is 0 Å². The van der Waals surface area contributed by atoms with Crippen LogP contribution in [0.4, 0.5) is 0 Å². The van der Waals surface area contributed by atoms with Crippen molar-refractivity contribution in [3.8, 4) is 5.75 Å². The number of benzene rings is 2. The van der Waals surface area contributed by atoms with Crippen molar-refractivity contribution in [2.45, 2.75) is 19.3 Å². The average Bonchev–Trinajstić information content (AvgIpc) is 2.53. The second kappa shape index (κ2) is 7.32. The molecule has 0 aliphatic carbocycles. The third-order valence-electron chi connectivity index (χ3n) is 3.48. The summed E-state index contributed by atoms with van der Waals surface area (Å²) < 4.78 is 5.43. The van der Waals surface area contributed by atoms with Gasteiger partial charge in [0.05, 0.1) is 5.02 Å². The molecular formula is C18H20ClNO2. The van der Waals surface area contributed by atoms with Crippen molar-refractivity contribution in [2.75, 3.05) is 13.2 Å². The molecule has 0 atom stereocenters. The van der Waals surface area contributed by atoms with E-state index in [4.69, 9.17) is 16.3 Å². The predicted molar refractivity (Wildman–Crippen MR) is 89.4 cm³/mol. The number of halogens is 1. The monoisotopic (exact) mass is 317 g/mol. The summed E-state index contributed by atoms with van der Waals surface area (Å²) in [5, 5.41) is 3.40. The van der Waals surface area contributed by atoms with Gasteiger partial charge in [0.2, 0.25) is 0 Å². The molecule has 0 saturated heterocycles. The highest BCUT2D eigenvalue weighted by Crippen LogP contribution is 2.23. The van der Waals surface area contributed by atoms with Gasteiger partial charge in [0.25, 0.3) is 5.91 Å². The number of carbonyl (C=O) groups is 1. The highest BCUT2D eigenvalue weighted by molar-refractivity contribution is 6.32. The fraction of sp³-hybridized carbons (Fsp3) is 0.278. The Balaban J connectivity index is 1.84. The van der Waals surface area contributed by atoms with Crippen molar-refractivity contribution < 1.29 is 9.53 Å². The first-order valence-electron chi connectivity index (χ1n) is 7.18. The molecule has 1 amide bonds. The second-order valence-electron chi connectivity index (χ2n) is 5.75. The average molecular weight is 318 g/mol. The molecule has 0 radical (unpaired) electrons. The highest BCUT2D eigenvalue weighted by atomic mass is 35.5. The highest BCUT2D eigenvalue weighted by Gasteiger charge is 2.21. The topological polar surface area (TPSA) is 38.3 Å². The summed E-state index contributed by atoms with van der Waals surface area (Å²) >= 11 is 5.98. The molecule has 1 N–H and O–H groups in total. The van der Waals surface area contributed by atoms with Crippen LogP contribution in [0.2, 0.25) is 5.02 Å². The van der Waals surface area contributed by atoms with Crippen LogP contribution >= 0.6 is 11.6 Å². The van der Waals surface area contributed by atoms with Gasteiger partial charge >= 0.3 is 0 Å². The molecule has 3 nitrogen and oxygen atoms in total. The summed E-state index contributed by atoms with van der Waals surface area (Å²) in [5.41, 5.74) is 1.05. The third-order valence-corrected chi connectivity index (χ3v) is 3.79. The van der Waals surface area contributed by atoms with Gasteiger partial charge in [-0.15, -0.1) is 0 Å². The van der Waals surface area contributed by atoms with Gasteiger partial charge < -0.3 is 10.1 Å². The lowest BCUT2D eigenvalue weighted by molar-refractivity contribution is -0.123. The van der Waals surface area contributed by atoms with Gasteiger partial charge in [0.15, 0.2) is 6.61 Å². The number of rotatable bonds is 6. The number of amides is 1. The Morgan fingerprint density at radius 2 is 1.73 bits per heavy atom. The van der Waals surface area contributed by atoms with Crippen molar-refractivity contribution in [1.82, 2.24) is 5.32 Å². The minimum absolute atomic E-state index is 0.0470. The maximum absolute atomic E-state index is 11.9. The standard InChI is InChI=1S/C18H20ClNO2/c1-18(2,14-8-4-3-5-9-14)13-20-17(21)12-22-16-11-7-6-10-15(16)19/h3-11H,12-13H2,1-2H3,(H,20,21). The molecular weight excluding hydrogens is 298 g/mol. The minimum atomic E-state index is -0.163. The number of ether oxygens (including phenoxy) is 1. The molecule has 2 rings (SSSR count). The lowest BCUT2D eigenvalue weighted by Crippen LogP contribution is -2.38. The van der Waals surface area contributed by atoms with Gasteiger partial charge in [-0.25, -0.2) is 0 Å². The van der Waals surface area contributed by atoms with E-state index in [2.05, 4.69) is 31.3 Å². The van der Waals surface area contributed by atoms with Gasteiger partial charge in [0, 0.05) is 12.0 Å². The molecule has 0 saturated carbocycles. The van der Waals surface area contributed by atoms with Crippen LogP contribution in [0.1, 0.15) is 19.4 Å². The van der Waals surface area contributed by atoms with Crippen LogP contribution in [-0.4, -0.2) is 19.1 Å². The Bertz CT molecular complexity index is 626. The first kappa shape index (κ1) is 16.4. The number of nitrogens with one attached hydrogen (secondary N) is 1. The molecule has 0 aliphatic heterocycles. The molecule has 2 aromatic rings. The normalized spacial score (nSPS) is 11.0. The van der Waals surface area contributed by atoms with Gasteiger partial charge in [-0.2, -0.15) is 0 Å². The van der Waals surface area contributed by atoms with E-state index in [0.717, 1.165) is 0 Å². The van der Waals surface area contributed by atoms with Crippen LogP contribution in [0.25, 0.3) is 0 Å². The zero-order valence-electron chi connectivity index (χ0n) is 12.8. The summed E-state index contributed by atoms with van der Waals surface area (Å²) in [6.45, 7) is 4.69. The Morgan fingerprint density at radius 3 is 2.41 bits per heavy atom. The Kier molecular flexibility index (Phi) is 5.45. The van der Waals surface area contributed by atoms with Crippen LogP contribution in [0.5, 0.6) is 5.75 Å². The van der Waals surface area contributed by atoms with Gasteiger partial charge in [0.1, 0.15) is 5.75 Å². The van der Waals surface area contributed by atoms with E-state index in [1.54, 1.807) is 12.1 Å². The number of hydrogen-bond acceptors (Lipinski definition) is 2. The Labute approximate surface area is 136 Å². The lowest BCUT2D eigenvalue weighted by atomic mass is 9.84. The fourth-order valence-electron chi connectivity index (χ4n) is 2.07. The maximum Gasteiger partial charge on any atom is 0.257 e. The molecule has 2 aromatic carbocycles. The zero-order valence-corrected chi connectivity index (χ0v) is 13.6. The first-order valence-corrected chi connectivity index (χ1v) is 7.56. The molecule has 0 fully saturated rings. The van der Waals surface area contributed by atoms with E-state index in [1.165, 1.54) is 5.56 Å². The van der Waals surface area contributed by atoms with Gasteiger partial charge in [-0.1, -0.05) is 67.9 Å². The van der Waals surface area contributed by atoms with Gasteiger partial charge in [-0.3, -0.25) is 4.79 Å². The van der Waals surface area contributed by atoms with Gasteiger partial charge in [-0.05, 0) is 17.7 Å². The van der Waals surface area contributed by atoms with E-state index >= 15 is 0 Å². The smallest absolute Gasteiger partial charge is 0.257 e. The van der Waals surface area contributed by atoms with E-state index < -0.39 is 0 Å². The summed E-state index contributed by atoms with van der Waals surface area (Å²) in [4.78, 5) is 11.9.